The Kier molecular flexibility index (Phi) is 6.05. The van der Waals surface area contributed by atoms with Crippen LogP contribution >= 0.6 is 0 Å². The average molecular weight is 333 g/mol. The molecular formula is C20H31NO3. The summed E-state index contributed by atoms with van der Waals surface area (Å²) in [4.78, 5) is 14.8. The molecule has 0 radical (unpaired) electrons. The van der Waals surface area contributed by atoms with E-state index < -0.39 is 11.2 Å². The summed E-state index contributed by atoms with van der Waals surface area (Å²) in [5.41, 5.74) is -0.110. The highest BCUT2D eigenvalue weighted by molar-refractivity contribution is 5.79. The Balaban J connectivity index is 1.91. The Morgan fingerprint density at radius 3 is 2.46 bits per heavy atom. The van der Waals surface area contributed by atoms with E-state index in [0.29, 0.717) is 0 Å². The lowest BCUT2D eigenvalue weighted by Crippen LogP contribution is -2.47. The lowest BCUT2D eigenvalue weighted by atomic mass is 10.0. The van der Waals surface area contributed by atoms with Gasteiger partial charge in [-0.15, -0.1) is 0 Å². The summed E-state index contributed by atoms with van der Waals surface area (Å²) in [5, 5.41) is 0. The van der Waals surface area contributed by atoms with Crippen LogP contribution in [0.4, 0.5) is 0 Å². The number of nitrogens with zero attached hydrogens (tertiary/aromatic N) is 1. The molecular weight excluding hydrogens is 302 g/mol. The molecule has 1 heterocycles. The fraction of sp³-hybridized carbons (Fsp3) is 0.650. The summed E-state index contributed by atoms with van der Waals surface area (Å²) < 4.78 is 11.6. The predicted molar refractivity (Wildman–Crippen MR) is 95.8 cm³/mol. The summed E-state index contributed by atoms with van der Waals surface area (Å²) in [5.74, 6) is -0.296. The van der Waals surface area contributed by atoms with E-state index in [9.17, 15) is 4.79 Å². The van der Waals surface area contributed by atoms with Crippen LogP contribution in [-0.2, 0) is 20.8 Å². The maximum absolute atomic E-state index is 12.4. The summed E-state index contributed by atoms with van der Waals surface area (Å²) in [6, 6.07) is 10.5. The molecule has 4 heteroatoms. The molecule has 0 aromatic heterocycles. The van der Waals surface area contributed by atoms with Gasteiger partial charge in [-0.3, -0.25) is 4.90 Å². The first-order valence-electron chi connectivity index (χ1n) is 8.83. The van der Waals surface area contributed by atoms with Crippen molar-refractivity contribution in [3.63, 3.8) is 0 Å². The number of hydrogen-bond donors (Lipinski definition) is 0. The van der Waals surface area contributed by atoms with Gasteiger partial charge in [-0.05, 0) is 59.6 Å². The van der Waals surface area contributed by atoms with E-state index in [1.807, 2.05) is 26.8 Å². The van der Waals surface area contributed by atoms with Crippen molar-refractivity contribution in [1.29, 1.82) is 0 Å². The number of benzene rings is 1. The first kappa shape index (κ1) is 18.9. The van der Waals surface area contributed by atoms with Crippen molar-refractivity contribution in [3.05, 3.63) is 35.9 Å². The van der Waals surface area contributed by atoms with Gasteiger partial charge in [0.1, 0.15) is 5.60 Å². The Morgan fingerprint density at radius 1 is 1.17 bits per heavy atom. The number of piperidine rings is 1. The number of hydrogen-bond acceptors (Lipinski definition) is 4. The molecule has 1 atom stereocenters. The minimum absolute atomic E-state index is 0.0602. The van der Waals surface area contributed by atoms with Crippen LogP contribution in [0.15, 0.2) is 30.3 Å². The summed E-state index contributed by atoms with van der Waals surface area (Å²) >= 11 is 0. The molecule has 1 saturated heterocycles. The van der Waals surface area contributed by atoms with Crippen LogP contribution in [0.5, 0.6) is 0 Å². The van der Waals surface area contributed by atoms with Crippen LogP contribution in [0.1, 0.15) is 53.0 Å². The maximum Gasteiger partial charge on any atom is 0.338 e. The normalized spacial score (nSPS) is 20.0. The van der Waals surface area contributed by atoms with E-state index in [2.05, 4.69) is 29.2 Å². The Labute approximate surface area is 146 Å². The van der Waals surface area contributed by atoms with Crippen molar-refractivity contribution in [2.45, 2.75) is 71.3 Å². The van der Waals surface area contributed by atoms with Crippen molar-refractivity contribution >= 4 is 5.97 Å². The Hall–Kier alpha value is -1.39. The zero-order chi connectivity index (χ0) is 17.8. The van der Waals surface area contributed by atoms with E-state index in [1.165, 1.54) is 5.56 Å². The van der Waals surface area contributed by atoms with Crippen LogP contribution in [0.25, 0.3) is 0 Å². The van der Waals surface area contributed by atoms with E-state index >= 15 is 0 Å². The molecule has 24 heavy (non-hydrogen) atoms. The smallest absolute Gasteiger partial charge is 0.338 e. The molecule has 0 spiro atoms. The predicted octanol–water partition coefficient (Wildman–Crippen LogP) is 3.79. The monoisotopic (exact) mass is 333 g/mol. The van der Waals surface area contributed by atoms with Crippen LogP contribution in [0, 0.1) is 0 Å². The number of likely N-dealkylation sites (tertiary alicyclic amines) is 1. The van der Waals surface area contributed by atoms with Crippen molar-refractivity contribution in [2.24, 2.45) is 0 Å². The quantitative estimate of drug-likeness (QED) is 0.769. The number of rotatable bonds is 5. The Bertz CT molecular complexity index is 534. The van der Waals surface area contributed by atoms with Crippen molar-refractivity contribution in [1.82, 2.24) is 4.90 Å². The molecule has 2 rings (SSSR count). The van der Waals surface area contributed by atoms with Gasteiger partial charge in [-0.2, -0.15) is 0 Å². The number of carbonyl (C=O) groups excluding carboxylic acids is 1. The second-order valence-corrected chi connectivity index (χ2v) is 8.12. The molecule has 134 valence electrons. The highest BCUT2D eigenvalue weighted by Gasteiger charge is 2.37. The zero-order valence-corrected chi connectivity index (χ0v) is 15.7. The standard InChI is InChI=1S/C20H31NO3/c1-19(2,3)24-18(22)20(4,5)23-17-12-9-13-21(15-17)14-16-10-7-6-8-11-16/h6-8,10-11,17H,9,12-15H2,1-5H3/t17-/m1/s1. The molecule has 0 N–H and O–H groups in total. The average Bonchev–Trinajstić information content (AvgIpc) is 2.46. The van der Waals surface area contributed by atoms with Crippen molar-refractivity contribution in [2.75, 3.05) is 13.1 Å². The molecule has 0 bridgehead atoms. The van der Waals surface area contributed by atoms with Crippen LogP contribution < -0.4 is 0 Å². The number of esters is 1. The summed E-state index contributed by atoms with van der Waals surface area (Å²) in [6.07, 6.45) is 2.13. The third-order valence-electron chi connectivity index (χ3n) is 4.06. The number of ether oxygens (including phenoxy) is 2. The largest absolute Gasteiger partial charge is 0.458 e. The first-order chi connectivity index (χ1) is 11.2. The molecule has 1 fully saturated rings. The first-order valence-corrected chi connectivity index (χ1v) is 8.83. The Morgan fingerprint density at radius 2 is 1.83 bits per heavy atom. The third-order valence-corrected chi connectivity index (χ3v) is 4.06. The SMILES string of the molecule is CC(C)(C)OC(=O)C(C)(C)O[C@@H]1CCCN(Cc2ccccc2)C1. The molecule has 1 aliphatic rings. The number of carbonyl (C=O) groups is 1. The fourth-order valence-electron chi connectivity index (χ4n) is 2.96. The molecule has 0 saturated carbocycles. The lowest BCUT2D eigenvalue weighted by molar-refractivity contribution is -0.188. The second-order valence-electron chi connectivity index (χ2n) is 8.12. The molecule has 0 amide bonds. The van der Waals surface area contributed by atoms with E-state index in [4.69, 9.17) is 9.47 Å². The maximum atomic E-state index is 12.4. The van der Waals surface area contributed by atoms with Crippen molar-refractivity contribution < 1.29 is 14.3 Å². The zero-order valence-electron chi connectivity index (χ0n) is 15.7. The summed E-state index contributed by atoms with van der Waals surface area (Å²) in [7, 11) is 0. The third kappa shape index (κ3) is 5.91. The van der Waals surface area contributed by atoms with E-state index in [1.54, 1.807) is 13.8 Å². The van der Waals surface area contributed by atoms with Gasteiger partial charge in [0.05, 0.1) is 6.10 Å². The molecule has 1 aromatic rings. The highest BCUT2D eigenvalue weighted by atomic mass is 16.6. The molecule has 1 aliphatic heterocycles. The van der Waals surface area contributed by atoms with Gasteiger partial charge in [0.2, 0.25) is 0 Å². The fourth-order valence-corrected chi connectivity index (χ4v) is 2.96. The van der Waals surface area contributed by atoms with Gasteiger partial charge in [0.25, 0.3) is 0 Å². The van der Waals surface area contributed by atoms with Gasteiger partial charge < -0.3 is 9.47 Å². The second kappa shape index (κ2) is 7.66. The van der Waals surface area contributed by atoms with Gasteiger partial charge >= 0.3 is 5.97 Å². The van der Waals surface area contributed by atoms with E-state index in [0.717, 1.165) is 32.5 Å². The van der Waals surface area contributed by atoms with Gasteiger partial charge in [-0.25, -0.2) is 4.79 Å². The van der Waals surface area contributed by atoms with Gasteiger partial charge in [-0.1, -0.05) is 30.3 Å². The highest BCUT2D eigenvalue weighted by Crippen LogP contribution is 2.24. The minimum Gasteiger partial charge on any atom is -0.458 e. The van der Waals surface area contributed by atoms with Crippen LogP contribution in [0.2, 0.25) is 0 Å². The molecule has 0 aliphatic carbocycles. The molecule has 0 unspecified atom stereocenters. The van der Waals surface area contributed by atoms with Crippen molar-refractivity contribution in [3.8, 4) is 0 Å². The van der Waals surface area contributed by atoms with Gasteiger partial charge in [0.15, 0.2) is 5.60 Å². The molecule has 4 nitrogen and oxygen atoms in total. The summed E-state index contributed by atoms with van der Waals surface area (Å²) in [6.45, 7) is 12.1. The van der Waals surface area contributed by atoms with Gasteiger partial charge in [0, 0.05) is 13.1 Å². The minimum atomic E-state index is -0.923. The molecule has 1 aromatic carbocycles. The van der Waals surface area contributed by atoms with Crippen LogP contribution in [0.3, 0.4) is 0 Å². The lowest BCUT2D eigenvalue weighted by Gasteiger charge is -2.37. The van der Waals surface area contributed by atoms with Crippen LogP contribution in [-0.4, -0.2) is 41.3 Å². The topological polar surface area (TPSA) is 38.8 Å². The van der Waals surface area contributed by atoms with E-state index in [-0.39, 0.29) is 12.1 Å².